The number of fused-ring (bicyclic) bond motifs is 2. The lowest BCUT2D eigenvalue weighted by molar-refractivity contribution is 0.176. The monoisotopic (exact) mass is 757 g/mol. The quantitative estimate of drug-likeness (QED) is 0.0830. The van der Waals surface area contributed by atoms with Gasteiger partial charge in [0.25, 0.3) is 0 Å². The molecule has 0 radical (unpaired) electrons. The Hall–Kier alpha value is -5.83. The Balaban J connectivity index is 0.00000290. The molecule has 6 aromatic rings. The van der Waals surface area contributed by atoms with E-state index in [1.165, 1.54) is 17.0 Å². The van der Waals surface area contributed by atoms with Gasteiger partial charge in [-0.1, -0.05) is 54.6 Å². The van der Waals surface area contributed by atoms with Crippen LogP contribution in [0.2, 0.25) is 0 Å². The smallest absolute Gasteiger partial charge is 0.419 e. The number of nitrogens with one attached hydrogen (secondary N) is 2. The first-order valence-electron chi connectivity index (χ1n) is 18.0. The fourth-order valence-corrected chi connectivity index (χ4v) is 7.49. The van der Waals surface area contributed by atoms with Gasteiger partial charge in [0, 0.05) is 48.7 Å². The maximum atomic E-state index is 12.9. The van der Waals surface area contributed by atoms with Crippen LogP contribution in [0.1, 0.15) is 54.9 Å². The SMILES string of the molecule is F.F.NC1CCC(N(C(=O)O)c2cc(CCCn3c(=O)oc4ccc(CNC[C@H](O)c5ccc(O)c6[nH]c(=O)ccc56)cc43)ccc2-c2ccccc2)CC1. The first-order valence-corrected chi connectivity index (χ1v) is 18.0. The highest BCUT2D eigenvalue weighted by atomic mass is 19.0. The Labute approximate surface area is 314 Å². The number of aryl methyl sites for hydroxylation is 2. The molecule has 12 nitrogen and oxygen atoms in total. The number of rotatable bonds is 12. The number of hydrogen-bond donors (Lipinski definition) is 6. The molecule has 1 aliphatic carbocycles. The van der Waals surface area contributed by atoms with Gasteiger partial charge in [-0.3, -0.25) is 23.7 Å². The van der Waals surface area contributed by atoms with Crippen LogP contribution in [0.5, 0.6) is 5.75 Å². The van der Waals surface area contributed by atoms with Crippen molar-refractivity contribution >= 4 is 33.8 Å². The number of aliphatic hydroxyl groups is 1. The predicted molar refractivity (Wildman–Crippen MR) is 209 cm³/mol. The van der Waals surface area contributed by atoms with Crippen LogP contribution in [-0.2, 0) is 19.5 Å². The average Bonchev–Trinajstić information content (AvgIpc) is 3.47. The molecule has 0 spiro atoms. The van der Waals surface area contributed by atoms with Crippen molar-refractivity contribution in [3.05, 3.63) is 129 Å². The van der Waals surface area contributed by atoms with E-state index in [1.807, 2.05) is 60.7 Å². The Morgan fingerprint density at radius 2 is 1.69 bits per heavy atom. The highest BCUT2D eigenvalue weighted by Gasteiger charge is 2.30. The standard InChI is InChI=1S/C41H43N5O7.2FH/c42-28-10-12-29(13-11-28)46(40(50)51)33-21-25(8-14-30(33)27-6-2-1-3-7-27)5-4-20-45-34-22-26(9-18-37(34)53-41(45)52)23-43-24-36(48)31-15-17-35(47)39-32(31)16-19-38(49)44-39;;/h1-3,6-9,14-19,21-22,28-29,36,43,47-48H,4-5,10-13,20,23-24,42H2,(H,44,49)(H,50,51);2*1H/t28?,29?,36-;;/m0../s1. The van der Waals surface area contributed by atoms with Crippen LogP contribution in [0.4, 0.5) is 19.9 Å². The number of halogens is 2. The van der Waals surface area contributed by atoms with Crippen LogP contribution in [0.25, 0.3) is 33.1 Å². The van der Waals surface area contributed by atoms with Crippen LogP contribution in [0, 0.1) is 0 Å². The first kappa shape index (κ1) is 40.4. The van der Waals surface area contributed by atoms with Crippen LogP contribution >= 0.6 is 0 Å². The summed E-state index contributed by atoms with van der Waals surface area (Å²) in [5.74, 6) is -0.525. The highest BCUT2D eigenvalue weighted by Crippen LogP contribution is 2.36. The Morgan fingerprint density at radius 3 is 2.44 bits per heavy atom. The molecule has 4 aromatic carbocycles. The predicted octanol–water partition coefficient (Wildman–Crippen LogP) is 6.32. The number of phenols is 1. The molecular formula is C41H45F2N5O7. The number of hydrogen-bond acceptors (Lipinski definition) is 8. The van der Waals surface area contributed by atoms with Gasteiger partial charge in [-0.15, -0.1) is 0 Å². The molecule has 7 N–H and O–H groups in total. The number of aromatic nitrogens is 2. The maximum Gasteiger partial charge on any atom is 0.419 e. The van der Waals surface area contributed by atoms with E-state index < -0.39 is 18.0 Å². The summed E-state index contributed by atoms with van der Waals surface area (Å²) < 4.78 is 7.17. The normalized spacial score (nSPS) is 16.0. The molecule has 14 heteroatoms. The zero-order chi connectivity index (χ0) is 37.1. The molecule has 1 atom stereocenters. The number of aromatic amines is 1. The van der Waals surface area contributed by atoms with Crippen LogP contribution in [-0.4, -0.2) is 49.6 Å². The highest BCUT2D eigenvalue weighted by molar-refractivity contribution is 5.94. The van der Waals surface area contributed by atoms with Gasteiger partial charge in [-0.05, 0) is 91.1 Å². The van der Waals surface area contributed by atoms with Crippen LogP contribution in [0.15, 0.2) is 105 Å². The number of anilines is 1. The van der Waals surface area contributed by atoms with Crippen molar-refractivity contribution in [1.29, 1.82) is 0 Å². The third kappa shape index (κ3) is 8.78. The van der Waals surface area contributed by atoms with Crippen molar-refractivity contribution in [1.82, 2.24) is 14.9 Å². The van der Waals surface area contributed by atoms with E-state index in [0.717, 1.165) is 35.1 Å². The third-order valence-electron chi connectivity index (χ3n) is 10.2. The number of amides is 1. The zero-order valence-corrected chi connectivity index (χ0v) is 30.0. The lowest BCUT2D eigenvalue weighted by atomic mass is 9.89. The number of aliphatic hydroxyl groups excluding tert-OH is 1. The number of nitrogens with two attached hydrogens (primary N) is 1. The number of H-pyrrole nitrogens is 1. The second kappa shape index (κ2) is 17.5. The van der Waals surface area contributed by atoms with Crippen LogP contribution in [0.3, 0.4) is 0 Å². The van der Waals surface area contributed by atoms with Gasteiger partial charge in [-0.2, -0.15) is 0 Å². The number of aromatic hydroxyl groups is 1. The number of carbonyl (C=O) groups is 1. The Bertz CT molecular complexity index is 2370. The van der Waals surface area contributed by atoms with Crippen LogP contribution < -0.4 is 27.3 Å². The van der Waals surface area contributed by atoms with E-state index in [-0.39, 0.29) is 44.9 Å². The number of carboxylic acid groups (broad SMARTS) is 1. The Kier molecular flexibility index (Phi) is 12.9. The van der Waals surface area contributed by atoms with Crippen molar-refractivity contribution in [2.45, 2.75) is 69.8 Å². The molecule has 0 aliphatic heterocycles. The van der Waals surface area contributed by atoms with Gasteiger partial charge in [-0.25, -0.2) is 9.59 Å². The number of pyridine rings is 1. The molecule has 7 rings (SSSR count). The number of phenolic OH excluding ortho intramolecular Hbond substituents is 1. The molecule has 1 amide bonds. The van der Waals surface area contributed by atoms with Crippen molar-refractivity contribution in [3.63, 3.8) is 0 Å². The van der Waals surface area contributed by atoms with E-state index >= 15 is 0 Å². The largest absolute Gasteiger partial charge is 0.506 e. The average molecular weight is 758 g/mol. The van der Waals surface area contributed by atoms with E-state index in [4.69, 9.17) is 10.2 Å². The van der Waals surface area contributed by atoms with Crippen molar-refractivity contribution < 1.29 is 33.9 Å². The van der Waals surface area contributed by atoms with Gasteiger partial charge < -0.3 is 35.8 Å². The number of nitrogens with zero attached hydrogens (tertiary/aromatic N) is 2. The lowest BCUT2D eigenvalue weighted by Crippen LogP contribution is -2.44. The van der Waals surface area contributed by atoms with E-state index in [0.29, 0.717) is 66.5 Å². The second-order valence-electron chi connectivity index (χ2n) is 13.8. The summed E-state index contributed by atoms with van der Waals surface area (Å²) in [7, 11) is 0. The van der Waals surface area contributed by atoms with Crippen molar-refractivity contribution in [2.75, 3.05) is 11.4 Å². The number of oxazole rings is 1. The number of benzene rings is 4. The molecule has 2 aromatic heterocycles. The minimum atomic E-state index is -0.984. The molecule has 0 bridgehead atoms. The summed E-state index contributed by atoms with van der Waals surface area (Å²) in [5, 5.41) is 35.4. The molecule has 1 fully saturated rings. The van der Waals surface area contributed by atoms with E-state index in [9.17, 15) is 29.7 Å². The molecule has 2 heterocycles. The van der Waals surface area contributed by atoms with Gasteiger partial charge in [0.2, 0.25) is 5.56 Å². The first-order chi connectivity index (χ1) is 25.7. The topological polar surface area (TPSA) is 187 Å². The Morgan fingerprint density at radius 1 is 0.945 bits per heavy atom. The lowest BCUT2D eigenvalue weighted by Gasteiger charge is -2.35. The summed E-state index contributed by atoms with van der Waals surface area (Å²) >= 11 is 0. The van der Waals surface area contributed by atoms with Gasteiger partial charge in [0.05, 0.1) is 22.8 Å². The third-order valence-corrected chi connectivity index (χ3v) is 10.2. The molecule has 1 aliphatic rings. The van der Waals surface area contributed by atoms with Crippen molar-refractivity contribution in [3.8, 4) is 16.9 Å². The minimum Gasteiger partial charge on any atom is -0.506 e. The second-order valence-corrected chi connectivity index (χ2v) is 13.8. The molecule has 290 valence electrons. The van der Waals surface area contributed by atoms with Gasteiger partial charge >= 0.3 is 11.8 Å². The van der Waals surface area contributed by atoms with Crippen molar-refractivity contribution in [2.24, 2.45) is 5.73 Å². The summed E-state index contributed by atoms with van der Waals surface area (Å²) in [5.41, 5.74) is 12.1. The maximum absolute atomic E-state index is 12.9. The fraction of sp³-hybridized carbons (Fsp3) is 0.293. The minimum absolute atomic E-state index is 0. The molecule has 55 heavy (non-hydrogen) atoms. The molecule has 0 unspecified atom stereocenters. The summed E-state index contributed by atoms with van der Waals surface area (Å²) in [6.45, 7) is 1.01. The summed E-state index contributed by atoms with van der Waals surface area (Å²) in [4.78, 5) is 41.6. The molecular weight excluding hydrogens is 712 g/mol. The molecule has 1 saturated carbocycles. The van der Waals surface area contributed by atoms with E-state index in [1.54, 1.807) is 22.8 Å². The van der Waals surface area contributed by atoms with E-state index in [2.05, 4.69) is 10.3 Å². The summed E-state index contributed by atoms with van der Waals surface area (Å²) in [6, 6.07) is 27.2. The van der Waals surface area contributed by atoms with Gasteiger partial charge in [0.15, 0.2) is 5.58 Å². The van der Waals surface area contributed by atoms with Gasteiger partial charge in [0.1, 0.15) is 5.75 Å². The fourth-order valence-electron chi connectivity index (χ4n) is 7.49. The zero-order valence-electron chi connectivity index (χ0n) is 30.0. The summed E-state index contributed by atoms with van der Waals surface area (Å²) in [6.07, 6.45) is 2.31. The molecule has 0 saturated heterocycles.